The Morgan fingerprint density at radius 3 is 2.53 bits per heavy atom. The van der Waals surface area contributed by atoms with Crippen LogP contribution in [0.3, 0.4) is 0 Å². The molecule has 1 fully saturated rings. The third-order valence-corrected chi connectivity index (χ3v) is 5.43. The molecule has 0 aromatic heterocycles. The summed E-state index contributed by atoms with van der Waals surface area (Å²) >= 11 is 0. The quantitative estimate of drug-likeness (QED) is 0.333. The number of phenols is 1. The van der Waals surface area contributed by atoms with Crippen LogP contribution < -0.4 is 4.74 Å². The summed E-state index contributed by atoms with van der Waals surface area (Å²) in [5, 5.41) is 9.18. The Hall–Kier alpha value is -2.87. The number of ether oxygens (including phenoxy) is 1. The van der Waals surface area contributed by atoms with Crippen LogP contribution in [0.15, 0.2) is 43.0 Å². The molecule has 1 aliphatic rings. The number of benzene rings is 2. The fourth-order valence-electron chi connectivity index (χ4n) is 3.71. The van der Waals surface area contributed by atoms with E-state index in [1.54, 1.807) is 12.1 Å². The van der Waals surface area contributed by atoms with Crippen LogP contribution in [0.5, 0.6) is 11.5 Å². The van der Waals surface area contributed by atoms with Gasteiger partial charge in [0.25, 0.3) is 0 Å². The molecule has 5 heteroatoms. The highest BCUT2D eigenvalue weighted by molar-refractivity contribution is 5.40. The summed E-state index contributed by atoms with van der Waals surface area (Å²) in [6.07, 6.45) is 6.62. The van der Waals surface area contributed by atoms with Gasteiger partial charge in [0.05, 0.1) is 12.2 Å². The molecule has 30 heavy (non-hydrogen) atoms. The molecule has 0 atom stereocenters. The highest BCUT2D eigenvalue weighted by atomic mass is 19.2. The van der Waals surface area contributed by atoms with Crippen LogP contribution in [-0.4, -0.2) is 11.7 Å². The highest BCUT2D eigenvalue weighted by Gasteiger charge is 2.24. The van der Waals surface area contributed by atoms with Crippen LogP contribution in [0.1, 0.15) is 55.6 Å². The minimum Gasteiger partial charge on any atom is -0.505 e. The molecule has 0 radical (unpaired) electrons. The maximum atomic E-state index is 14.6. The van der Waals surface area contributed by atoms with Crippen molar-refractivity contribution in [1.29, 1.82) is 0 Å². The van der Waals surface area contributed by atoms with Gasteiger partial charge in [-0.15, -0.1) is 6.58 Å². The van der Waals surface area contributed by atoms with Crippen LogP contribution in [0, 0.1) is 35.2 Å². The van der Waals surface area contributed by atoms with E-state index in [9.17, 15) is 18.3 Å². The third-order valence-electron chi connectivity index (χ3n) is 5.43. The van der Waals surface area contributed by atoms with Crippen LogP contribution in [-0.2, 0) is 0 Å². The molecule has 158 valence electrons. The van der Waals surface area contributed by atoms with Crippen molar-refractivity contribution >= 4 is 0 Å². The molecular weight excluding hydrogens is 389 g/mol. The van der Waals surface area contributed by atoms with E-state index < -0.39 is 17.4 Å². The Labute approximate surface area is 175 Å². The monoisotopic (exact) mass is 414 g/mol. The molecule has 1 N–H and O–H groups in total. The minimum absolute atomic E-state index is 0.0491. The number of phenolic OH excluding ortho intramolecular Hbond substituents is 1. The molecule has 3 rings (SSSR count). The molecule has 0 saturated heterocycles. The minimum atomic E-state index is -1.28. The van der Waals surface area contributed by atoms with E-state index >= 15 is 0 Å². The molecule has 0 heterocycles. The van der Waals surface area contributed by atoms with Gasteiger partial charge in [-0.2, -0.15) is 4.39 Å². The van der Waals surface area contributed by atoms with Crippen LogP contribution in [0.4, 0.5) is 13.2 Å². The highest BCUT2D eigenvalue weighted by Crippen LogP contribution is 2.37. The fourth-order valence-corrected chi connectivity index (χ4v) is 3.71. The van der Waals surface area contributed by atoms with Crippen LogP contribution in [0.2, 0.25) is 0 Å². The van der Waals surface area contributed by atoms with Gasteiger partial charge in [0, 0.05) is 12.0 Å². The predicted molar refractivity (Wildman–Crippen MR) is 111 cm³/mol. The summed E-state index contributed by atoms with van der Waals surface area (Å²) in [4.78, 5) is 0. The van der Waals surface area contributed by atoms with Crippen molar-refractivity contribution in [3.8, 4) is 23.3 Å². The van der Waals surface area contributed by atoms with Crippen LogP contribution in [0.25, 0.3) is 0 Å². The predicted octanol–water partition coefficient (Wildman–Crippen LogP) is 6.48. The molecule has 2 nitrogen and oxygen atoms in total. The first-order chi connectivity index (χ1) is 14.5. The van der Waals surface area contributed by atoms with E-state index in [1.807, 2.05) is 6.08 Å². The Balaban J connectivity index is 1.57. The lowest BCUT2D eigenvalue weighted by Gasteiger charge is -2.26. The van der Waals surface area contributed by atoms with Crippen molar-refractivity contribution in [2.45, 2.75) is 44.4 Å². The lowest BCUT2D eigenvalue weighted by Crippen LogP contribution is -2.13. The van der Waals surface area contributed by atoms with Gasteiger partial charge in [0.1, 0.15) is 11.6 Å². The van der Waals surface area contributed by atoms with Crippen molar-refractivity contribution < 1.29 is 23.0 Å². The van der Waals surface area contributed by atoms with Crippen LogP contribution >= 0.6 is 0 Å². The lowest BCUT2D eigenvalue weighted by atomic mass is 9.78. The van der Waals surface area contributed by atoms with Gasteiger partial charge in [-0.05, 0) is 68.2 Å². The second kappa shape index (κ2) is 10.2. The SMILES string of the molecule is C=CCCCOc1ccc(C2CCC(C#Cc3ccc(O)c(F)c3F)CC2)c(F)c1. The average Bonchev–Trinajstić information content (AvgIpc) is 2.75. The van der Waals surface area contributed by atoms with Gasteiger partial charge >= 0.3 is 0 Å². The summed E-state index contributed by atoms with van der Waals surface area (Å²) in [6.45, 7) is 4.19. The summed E-state index contributed by atoms with van der Waals surface area (Å²) in [7, 11) is 0. The van der Waals surface area contributed by atoms with Crippen molar-refractivity contribution in [2.75, 3.05) is 6.61 Å². The molecule has 0 amide bonds. The second-order valence-electron chi connectivity index (χ2n) is 7.54. The number of hydrogen-bond acceptors (Lipinski definition) is 2. The zero-order valence-electron chi connectivity index (χ0n) is 16.8. The van der Waals surface area contributed by atoms with E-state index in [1.165, 1.54) is 12.1 Å². The van der Waals surface area contributed by atoms with Gasteiger partial charge in [0.15, 0.2) is 11.6 Å². The Morgan fingerprint density at radius 1 is 1.07 bits per heavy atom. The Kier molecular flexibility index (Phi) is 7.46. The fraction of sp³-hybridized carbons (Fsp3) is 0.360. The summed E-state index contributed by atoms with van der Waals surface area (Å²) in [5.41, 5.74) is 0.619. The van der Waals surface area contributed by atoms with E-state index in [0.29, 0.717) is 17.9 Å². The van der Waals surface area contributed by atoms with Crippen molar-refractivity contribution in [3.05, 3.63) is 71.6 Å². The average molecular weight is 414 g/mol. The maximum Gasteiger partial charge on any atom is 0.201 e. The zero-order chi connectivity index (χ0) is 21.5. The van der Waals surface area contributed by atoms with Crippen molar-refractivity contribution in [3.63, 3.8) is 0 Å². The number of aromatic hydroxyl groups is 1. The molecule has 1 aliphatic carbocycles. The van der Waals surface area contributed by atoms with E-state index in [4.69, 9.17) is 4.74 Å². The number of rotatable bonds is 6. The number of allylic oxidation sites excluding steroid dienone is 1. The largest absolute Gasteiger partial charge is 0.505 e. The molecular formula is C25H25F3O2. The standard InChI is InChI=1S/C25H25F3O2/c1-2-3-4-15-30-20-12-13-21(22(26)16-20)18-8-5-17(6-9-18)7-10-19-11-14-23(29)25(28)24(19)27/h2,11-14,16-18,29H,1,3-6,8-9,15H2. The number of unbranched alkanes of at least 4 members (excludes halogenated alkanes) is 1. The van der Waals surface area contributed by atoms with E-state index in [0.717, 1.165) is 44.6 Å². The first-order valence-corrected chi connectivity index (χ1v) is 10.2. The van der Waals surface area contributed by atoms with Crippen molar-refractivity contribution in [1.82, 2.24) is 0 Å². The maximum absolute atomic E-state index is 14.6. The molecule has 0 unspecified atom stereocenters. The van der Waals surface area contributed by atoms with E-state index in [2.05, 4.69) is 18.4 Å². The molecule has 0 aliphatic heterocycles. The Morgan fingerprint density at radius 2 is 1.83 bits per heavy atom. The van der Waals surface area contributed by atoms with Gasteiger partial charge in [-0.3, -0.25) is 0 Å². The zero-order valence-corrected chi connectivity index (χ0v) is 16.8. The normalized spacial score (nSPS) is 18.4. The van der Waals surface area contributed by atoms with E-state index in [-0.39, 0.29) is 23.2 Å². The molecule has 0 bridgehead atoms. The van der Waals surface area contributed by atoms with Gasteiger partial charge in [-0.25, -0.2) is 8.78 Å². The third kappa shape index (κ3) is 5.38. The van der Waals surface area contributed by atoms with Gasteiger partial charge in [-0.1, -0.05) is 24.0 Å². The van der Waals surface area contributed by atoms with Crippen molar-refractivity contribution in [2.24, 2.45) is 5.92 Å². The second-order valence-corrected chi connectivity index (χ2v) is 7.54. The summed E-state index contributed by atoms with van der Waals surface area (Å²) < 4.78 is 47.4. The number of halogens is 3. The smallest absolute Gasteiger partial charge is 0.201 e. The summed E-state index contributed by atoms with van der Waals surface area (Å²) in [6, 6.07) is 7.40. The summed E-state index contributed by atoms with van der Waals surface area (Å²) in [5.74, 6) is 2.96. The molecule has 2 aromatic carbocycles. The topological polar surface area (TPSA) is 29.5 Å². The lowest BCUT2D eigenvalue weighted by molar-refractivity contribution is 0.309. The molecule has 1 saturated carbocycles. The van der Waals surface area contributed by atoms with Gasteiger partial charge < -0.3 is 9.84 Å². The van der Waals surface area contributed by atoms with Gasteiger partial charge in [0.2, 0.25) is 5.82 Å². The molecule has 0 spiro atoms. The molecule has 2 aromatic rings. The number of hydrogen-bond donors (Lipinski definition) is 1. The first-order valence-electron chi connectivity index (χ1n) is 10.2. The Bertz CT molecular complexity index is 951. The first kappa shape index (κ1) is 21.8.